The van der Waals surface area contributed by atoms with E-state index in [0.717, 1.165) is 0 Å². The summed E-state index contributed by atoms with van der Waals surface area (Å²) < 4.78 is 58.8. The molecule has 1 aliphatic heterocycles. The Morgan fingerprint density at radius 2 is 1.71 bits per heavy atom. The second kappa shape index (κ2) is 4.76. The maximum absolute atomic E-state index is 13.7. The van der Waals surface area contributed by atoms with Gasteiger partial charge in [-0.2, -0.15) is 0 Å². The Balaban J connectivity index is 2.10. The number of halogens is 4. The summed E-state index contributed by atoms with van der Waals surface area (Å²) in [6.45, 7) is 0. The molecule has 108 valence electrons. The van der Waals surface area contributed by atoms with Crippen LogP contribution in [-0.4, -0.2) is 5.91 Å². The van der Waals surface area contributed by atoms with Crippen molar-refractivity contribution in [3.8, 4) is 5.75 Å². The Morgan fingerprint density at radius 3 is 2.48 bits per heavy atom. The number of carbonyl (C=O) groups excluding carboxylic acids is 1. The van der Waals surface area contributed by atoms with Gasteiger partial charge in [-0.15, -0.1) is 0 Å². The third-order valence-electron chi connectivity index (χ3n) is 3.04. The quantitative estimate of drug-likeness (QED) is 0.498. The summed E-state index contributed by atoms with van der Waals surface area (Å²) >= 11 is 0. The standard InChI is InChI=1S/C14H7F4NO2/c15-6-5-7(16)11(17)12(18)10(6)13-14(20)19-8-3-1-2-4-9(8)21-13/h1-5,13H,(H,19,20). The van der Waals surface area contributed by atoms with Crippen LogP contribution in [0.4, 0.5) is 23.2 Å². The molecule has 3 rings (SSSR count). The molecule has 1 heterocycles. The largest absolute Gasteiger partial charge is 0.473 e. The van der Waals surface area contributed by atoms with Crippen LogP contribution in [0.3, 0.4) is 0 Å². The fraction of sp³-hybridized carbons (Fsp3) is 0.0714. The van der Waals surface area contributed by atoms with Crippen molar-refractivity contribution in [3.05, 3.63) is 59.2 Å². The summed E-state index contributed by atoms with van der Waals surface area (Å²) in [5.41, 5.74) is -0.650. The molecule has 1 atom stereocenters. The van der Waals surface area contributed by atoms with Crippen LogP contribution in [0, 0.1) is 23.3 Å². The van der Waals surface area contributed by atoms with Gasteiger partial charge in [-0.25, -0.2) is 17.6 Å². The molecular formula is C14H7F4NO2. The Hall–Kier alpha value is -2.57. The average molecular weight is 297 g/mol. The van der Waals surface area contributed by atoms with E-state index in [2.05, 4.69) is 5.32 Å². The highest BCUT2D eigenvalue weighted by atomic mass is 19.2. The van der Waals surface area contributed by atoms with Gasteiger partial charge in [0.1, 0.15) is 11.6 Å². The molecule has 2 aromatic carbocycles. The third kappa shape index (κ3) is 2.10. The lowest BCUT2D eigenvalue weighted by molar-refractivity contribution is -0.124. The lowest BCUT2D eigenvalue weighted by Gasteiger charge is -2.26. The third-order valence-corrected chi connectivity index (χ3v) is 3.04. The molecule has 3 nitrogen and oxygen atoms in total. The van der Waals surface area contributed by atoms with Gasteiger partial charge in [0.2, 0.25) is 6.10 Å². The molecule has 0 aliphatic carbocycles. The van der Waals surface area contributed by atoms with E-state index in [1.54, 1.807) is 12.1 Å². The lowest BCUT2D eigenvalue weighted by atomic mass is 10.0. The SMILES string of the molecule is O=C1Nc2ccccc2OC1c1c(F)cc(F)c(F)c1F. The van der Waals surface area contributed by atoms with Gasteiger partial charge < -0.3 is 10.1 Å². The first-order valence-corrected chi connectivity index (χ1v) is 5.88. The minimum atomic E-state index is -1.86. The summed E-state index contributed by atoms with van der Waals surface area (Å²) in [5.74, 6) is -7.42. The summed E-state index contributed by atoms with van der Waals surface area (Å²) in [7, 11) is 0. The Bertz CT molecular complexity index is 748. The van der Waals surface area contributed by atoms with Gasteiger partial charge in [-0.05, 0) is 12.1 Å². The van der Waals surface area contributed by atoms with Gasteiger partial charge in [0.15, 0.2) is 17.5 Å². The van der Waals surface area contributed by atoms with Crippen LogP contribution in [0.25, 0.3) is 0 Å². The van der Waals surface area contributed by atoms with E-state index >= 15 is 0 Å². The molecule has 0 spiro atoms. The topological polar surface area (TPSA) is 38.3 Å². The Kier molecular flexibility index (Phi) is 3.04. The van der Waals surface area contributed by atoms with Crippen molar-refractivity contribution in [2.24, 2.45) is 0 Å². The first kappa shape index (κ1) is 13.4. The number of hydrogen-bond donors (Lipinski definition) is 1. The first-order chi connectivity index (χ1) is 9.99. The molecule has 0 aromatic heterocycles. The van der Waals surface area contributed by atoms with Crippen molar-refractivity contribution in [3.63, 3.8) is 0 Å². The van der Waals surface area contributed by atoms with Gasteiger partial charge in [0.05, 0.1) is 11.3 Å². The van der Waals surface area contributed by atoms with Crippen molar-refractivity contribution in [2.75, 3.05) is 5.32 Å². The van der Waals surface area contributed by atoms with Gasteiger partial charge in [-0.3, -0.25) is 4.79 Å². The molecule has 1 amide bonds. The number of anilines is 1. The lowest BCUT2D eigenvalue weighted by Crippen LogP contribution is -2.31. The van der Waals surface area contributed by atoms with Crippen LogP contribution < -0.4 is 10.1 Å². The van der Waals surface area contributed by atoms with Crippen molar-refractivity contribution in [1.29, 1.82) is 0 Å². The maximum Gasteiger partial charge on any atom is 0.270 e. The summed E-state index contributed by atoms with van der Waals surface area (Å²) in [6, 6.07) is 6.39. The fourth-order valence-electron chi connectivity index (χ4n) is 2.06. The van der Waals surface area contributed by atoms with Gasteiger partial charge in [0, 0.05) is 6.07 Å². The number of nitrogens with one attached hydrogen (secondary N) is 1. The smallest absolute Gasteiger partial charge is 0.270 e. The number of benzene rings is 2. The van der Waals surface area contributed by atoms with E-state index in [4.69, 9.17) is 4.74 Å². The number of para-hydroxylation sites is 2. The van der Waals surface area contributed by atoms with Crippen molar-refractivity contribution in [2.45, 2.75) is 6.10 Å². The predicted molar refractivity (Wildman–Crippen MR) is 64.7 cm³/mol. The molecule has 1 N–H and O–H groups in total. The second-order valence-corrected chi connectivity index (χ2v) is 4.37. The van der Waals surface area contributed by atoms with Crippen LogP contribution in [-0.2, 0) is 4.79 Å². The van der Waals surface area contributed by atoms with Crippen molar-refractivity contribution < 1.29 is 27.1 Å². The van der Waals surface area contributed by atoms with E-state index in [0.29, 0.717) is 5.69 Å². The molecule has 0 fully saturated rings. The summed E-state index contributed by atoms with van der Waals surface area (Å²) in [6.07, 6.45) is -1.74. The average Bonchev–Trinajstić information content (AvgIpc) is 2.45. The highest BCUT2D eigenvalue weighted by molar-refractivity contribution is 5.98. The van der Waals surface area contributed by atoms with Gasteiger partial charge >= 0.3 is 0 Å². The van der Waals surface area contributed by atoms with Crippen LogP contribution in [0.5, 0.6) is 5.75 Å². The number of ether oxygens (including phenoxy) is 1. The number of carbonyl (C=O) groups is 1. The molecule has 0 bridgehead atoms. The molecule has 21 heavy (non-hydrogen) atoms. The molecule has 0 saturated heterocycles. The predicted octanol–water partition coefficient (Wildman–Crippen LogP) is 3.32. The van der Waals surface area contributed by atoms with E-state index in [1.165, 1.54) is 12.1 Å². The number of rotatable bonds is 1. The van der Waals surface area contributed by atoms with E-state index in [-0.39, 0.29) is 11.8 Å². The molecule has 1 aliphatic rings. The summed E-state index contributed by atoms with van der Waals surface area (Å²) in [4.78, 5) is 11.9. The van der Waals surface area contributed by atoms with Crippen LogP contribution >= 0.6 is 0 Å². The normalized spacial score (nSPS) is 17.0. The van der Waals surface area contributed by atoms with Gasteiger partial charge in [0.25, 0.3) is 5.91 Å². The van der Waals surface area contributed by atoms with E-state index in [1.807, 2.05) is 0 Å². The fourth-order valence-corrected chi connectivity index (χ4v) is 2.06. The minimum absolute atomic E-state index is 0.172. The summed E-state index contributed by atoms with van der Waals surface area (Å²) in [5, 5.41) is 2.38. The second-order valence-electron chi connectivity index (χ2n) is 4.37. The van der Waals surface area contributed by atoms with Gasteiger partial charge in [-0.1, -0.05) is 12.1 Å². The molecule has 1 unspecified atom stereocenters. The molecule has 0 radical (unpaired) electrons. The van der Waals surface area contributed by atoms with Crippen molar-refractivity contribution >= 4 is 11.6 Å². The number of hydrogen-bond acceptors (Lipinski definition) is 2. The van der Waals surface area contributed by atoms with Crippen LogP contribution in [0.15, 0.2) is 30.3 Å². The minimum Gasteiger partial charge on any atom is -0.473 e. The van der Waals surface area contributed by atoms with E-state index < -0.39 is 40.8 Å². The Morgan fingerprint density at radius 1 is 1.00 bits per heavy atom. The van der Waals surface area contributed by atoms with Crippen LogP contribution in [0.2, 0.25) is 0 Å². The number of amides is 1. The van der Waals surface area contributed by atoms with E-state index in [9.17, 15) is 22.4 Å². The molecular weight excluding hydrogens is 290 g/mol. The molecule has 2 aromatic rings. The Labute approximate surface area is 116 Å². The van der Waals surface area contributed by atoms with Crippen molar-refractivity contribution in [1.82, 2.24) is 0 Å². The highest BCUT2D eigenvalue weighted by Gasteiger charge is 2.35. The zero-order valence-electron chi connectivity index (χ0n) is 10.3. The molecule has 0 saturated carbocycles. The highest BCUT2D eigenvalue weighted by Crippen LogP contribution is 2.36. The van der Waals surface area contributed by atoms with Crippen LogP contribution in [0.1, 0.15) is 11.7 Å². The first-order valence-electron chi connectivity index (χ1n) is 5.88. The maximum atomic E-state index is 13.7. The zero-order chi connectivity index (χ0) is 15.1. The molecule has 7 heteroatoms. The number of fused-ring (bicyclic) bond motifs is 1. The monoisotopic (exact) mass is 297 g/mol. The zero-order valence-corrected chi connectivity index (χ0v) is 10.3.